The molecule has 1 atom stereocenters. The molecule has 1 fully saturated rings. The zero-order chi connectivity index (χ0) is 19.7. The molecule has 146 valence electrons. The second-order valence-electron chi connectivity index (χ2n) is 6.78. The monoisotopic (exact) mass is 399 g/mol. The van der Waals surface area contributed by atoms with Gasteiger partial charge in [-0.1, -0.05) is 17.4 Å². The molecule has 3 heterocycles. The second kappa shape index (κ2) is 7.69. The van der Waals surface area contributed by atoms with Crippen LogP contribution in [0.4, 0.5) is 5.69 Å². The largest absolute Gasteiger partial charge is 0.368 e. The Morgan fingerprint density at radius 2 is 2.21 bits per heavy atom. The summed E-state index contributed by atoms with van der Waals surface area (Å²) in [5.41, 5.74) is 2.73. The maximum atomic E-state index is 12.5. The fourth-order valence-electron chi connectivity index (χ4n) is 3.10. The van der Waals surface area contributed by atoms with E-state index in [-0.39, 0.29) is 11.8 Å². The molecule has 4 rings (SSSR count). The Morgan fingerprint density at radius 1 is 1.36 bits per heavy atom. The van der Waals surface area contributed by atoms with Crippen molar-refractivity contribution in [2.24, 2.45) is 0 Å². The lowest BCUT2D eigenvalue weighted by Gasteiger charge is -2.13. The molecule has 2 aromatic heterocycles. The van der Waals surface area contributed by atoms with Crippen LogP contribution in [0.25, 0.3) is 4.96 Å². The molecule has 1 unspecified atom stereocenters. The first-order valence-electron chi connectivity index (χ1n) is 9.12. The quantitative estimate of drug-likeness (QED) is 0.687. The third-order valence-electron chi connectivity index (χ3n) is 4.60. The van der Waals surface area contributed by atoms with Crippen molar-refractivity contribution in [3.05, 3.63) is 46.2 Å². The Hall–Kier alpha value is -2.78. The van der Waals surface area contributed by atoms with E-state index in [9.17, 15) is 9.59 Å². The van der Waals surface area contributed by atoms with Crippen LogP contribution in [0.3, 0.4) is 0 Å². The Labute approximate surface area is 165 Å². The molecule has 0 radical (unpaired) electrons. The minimum absolute atomic E-state index is 0.168. The number of fused-ring (bicyclic) bond motifs is 1. The van der Waals surface area contributed by atoms with E-state index in [0.717, 1.165) is 34.1 Å². The summed E-state index contributed by atoms with van der Waals surface area (Å²) in [6.07, 6.45) is 3.01. The number of rotatable bonds is 5. The average Bonchev–Trinajstić information content (AvgIpc) is 3.37. The number of benzene rings is 1. The van der Waals surface area contributed by atoms with Crippen LogP contribution in [0.2, 0.25) is 0 Å². The molecule has 28 heavy (non-hydrogen) atoms. The van der Waals surface area contributed by atoms with Gasteiger partial charge in [0.1, 0.15) is 11.1 Å². The number of amides is 2. The van der Waals surface area contributed by atoms with Gasteiger partial charge in [-0.2, -0.15) is 5.10 Å². The summed E-state index contributed by atoms with van der Waals surface area (Å²) in [6, 6.07) is 5.25. The first kappa shape index (κ1) is 18.6. The van der Waals surface area contributed by atoms with Crippen LogP contribution in [0, 0.1) is 13.8 Å². The number of imidazole rings is 1. The van der Waals surface area contributed by atoms with Gasteiger partial charge in [0.25, 0.3) is 11.8 Å². The van der Waals surface area contributed by atoms with Gasteiger partial charge in [0, 0.05) is 17.9 Å². The van der Waals surface area contributed by atoms with Crippen LogP contribution in [-0.4, -0.2) is 39.1 Å². The summed E-state index contributed by atoms with van der Waals surface area (Å²) < 4.78 is 7.13. The van der Waals surface area contributed by atoms with Crippen molar-refractivity contribution in [3.8, 4) is 0 Å². The van der Waals surface area contributed by atoms with Crippen molar-refractivity contribution in [2.45, 2.75) is 39.3 Å². The summed E-state index contributed by atoms with van der Waals surface area (Å²) in [4.78, 5) is 30.1. The molecule has 0 saturated carbocycles. The van der Waals surface area contributed by atoms with Gasteiger partial charge >= 0.3 is 0 Å². The van der Waals surface area contributed by atoms with Crippen molar-refractivity contribution >= 4 is 33.8 Å². The number of aryl methyl sites for hydroxylation is 2. The second-order valence-corrected chi connectivity index (χ2v) is 7.94. The molecular weight excluding hydrogens is 378 g/mol. The van der Waals surface area contributed by atoms with E-state index in [2.05, 4.69) is 20.7 Å². The Bertz CT molecular complexity index is 1000. The predicted octanol–water partition coefficient (Wildman–Crippen LogP) is 2.46. The summed E-state index contributed by atoms with van der Waals surface area (Å²) >= 11 is 1.50. The number of ether oxygens (including phenoxy) is 1. The van der Waals surface area contributed by atoms with E-state index in [1.165, 1.54) is 11.3 Å². The van der Waals surface area contributed by atoms with Gasteiger partial charge in [-0.3, -0.25) is 9.59 Å². The van der Waals surface area contributed by atoms with E-state index in [0.29, 0.717) is 24.4 Å². The molecule has 1 aromatic carbocycles. The van der Waals surface area contributed by atoms with Crippen molar-refractivity contribution in [3.63, 3.8) is 0 Å². The van der Waals surface area contributed by atoms with E-state index in [1.807, 2.05) is 26.1 Å². The number of carbonyl (C=O) groups excluding carboxylic acids is 2. The van der Waals surface area contributed by atoms with Gasteiger partial charge in [-0.25, -0.2) is 9.50 Å². The zero-order valence-electron chi connectivity index (χ0n) is 15.7. The first-order chi connectivity index (χ1) is 13.5. The van der Waals surface area contributed by atoms with Crippen LogP contribution in [0.1, 0.15) is 39.5 Å². The number of carbonyl (C=O) groups is 2. The lowest BCUT2D eigenvalue weighted by atomic mass is 10.1. The van der Waals surface area contributed by atoms with Crippen molar-refractivity contribution in [2.75, 3.05) is 11.9 Å². The molecule has 2 amide bonds. The van der Waals surface area contributed by atoms with Crippen LogP contribution in [0.5, 0.6) is 0 Å². The summed E-state index contributed by atoms with van der Waals surface area (Å²) in [5, 5.41) is 11.0. The summed E-state index contributed by atoms with van der Waals surface area (Å²) in [6.45, 7) is 4.73. The third kappa shape index (κ3) is 3.90. The molecule has 1 saturated heterocycles. The highest BCUT2D eigenvalue weighted by Crippen LogP contribution is 2.20. The van der Waals surface area contributed by atoms with Crippen LogP contribution in [0.15, 0.2) is 24.4 Å². The molecule has 1 aliphatic rings. The number of hydrogen-bond donors (Lipinski definition) is 2. The maximum Gasteiger partial charge on any atom is 0.253 e. The number of nitrogens with one attached hydrogen (secondary N) is 2. The average molecular weight is 399 g/mol. The van der Waals surface area contributed by atoms with Crippen LogP contribution in [-0.2, 0) is 16.1 Å². The zero-order valence-corrected chi connectivity index (χ0v) is 16.5. The normalized spacial score (nSPS) is 16.4. The molecule has 1 aliphatic heterocycles. The van der Waals surface area contributed by atoms with Gasteiger partial charge < -0.3 is 15.4 Å². The van der Waals surface area contributed by atoms with Gasteiger partial charge in [-0.05, 0) is 44.4 Å². The van der Waals surface area contributed by atoms with E-state index >= 15 is 0 Å². The predicted molar refractivity (Wildman–Crippen MR) is 106 cm³/mol. The molecule has 2 N–H and O–H groups in total. The van der Waals surface area contributed by atoms with E-state index in [1.54, 1.807) is 16.6 Å². The van der Waals surface area contributed by atoms with Crippen molar-refractivity contribution in [1.82, 2.24) is 19.9 Å². The highest BCUT2D eigenvalue weighted by atomic mass is 32.1. The summed E-state index contributed by atoms with van der Waals surface area (Å²) in [7, 11) is 0. The lowest BCUT2D eigenvalue weighted by molar-refractivity contribution is -0.124. The highest BCUT2D eigenvalue weighted by Gasteiger charge is 2.24. The smallest absolute Gasteiger partial charge is 0.253 e. The summed E-state index contributed by atoms with van der Waals surface area (Å²) in [5.74, 6) is -0.396. The fraction of sp³-hybridized carbons (Fsp3) is 0.368. The number of nitrogens with zero attached hydrogens (tertiary/aromatic N) is 3. The molecule has 0 bridgehead atoms. The lowest BCUT2D eigenvalue weighted by Crippen LogP contribution is -2.27. The molecule has 0 spiro atoms. The maximum absolute atomic E-state index is 12.5. The number of aromatic nitrogens is 3. The number of anilines is 1. The van der Waals surface area contributed by atoms with Crippen molar-refractivity contribution < 1.29 is 14.3 Å². The third-order valence-corrected chi connectivity index (χ3v) is 5.44. The Balaban J connectivity index is 1.41. The molecule has 3 aromatic rings. The first-order valence-corrected chi connectivity index (χ1v) is 9.94. The molecule has 8 nitrogen and oxygen atoms in total. The minimum Gasteiger partial charge on any atom is -0.368 e. The van der Waals surface area contributed by atoms with E-state index < -0.39 is 6.10 Å². The van der Waals surface area contributed by atoms with Crippen LogP contribution < -0.4 is 10.6 Å². The minimum atomic E-state index is -0.413. The highest BCUT2D eigenvalue weighted by molar-refractivity contribution is 7.16. The SMILES string of the molecule is Cc1nn2cc(CNC(=O)c3ccc(C)c(NC(=O)C4CCCO4)c3)nc2s1. The Morgan fingerprint density at radius 3 is 2.96 bits per heavy atom. The Kier molecular flexibility index (Phi) is 5.10. The topological polar surface area (TPSA) is 97.6 Å². The molecular formula is C19H21N5O3S. The molecule has 0 aliphatic carbocycles. The standard InChI is InChI=1S/C19H21N5O3S/c1-11-5-6-13(8-15(11)22-18(26)16-4-3-7-27-16)17(25)20-9-14-10-24-19(21-14)28-12(2)23-24/h5-6,8,10,16H,3-4,7,9H2,1-2H3,(H,20,25)(H,22,26). The molecule has 9 heteroatoms. The number of hydrogen-bond acceptors (Lipinski definition) is 6. The van der Waals surface area contributed by atoms with Crippen molar-refractivity contribution in [1.29, 1.82) is 0 Å². The van der Waals surface area contributed by atoms with Gasteiger partial charge in [-0.15, -0.1) is 0 Å². The van der Waals surface area contributed by atoms with Gasteiger partial charge in [0.05, 0.1) is 18.4 Å². The van der Waals surface area contributed by atoms with Gasteiger partial charge in [0.2, 0.25) is 4.96 Å². The van der Waals surface area contributed by atoms with Crippen LogP contribution >= 0.6 is 11.3 Å². The van der Waals surface area contributed by atoms with Gasteiger partial charge in [0.15, 0.2) is 0 Å². The fourth-order valence-corrected chi connectivity index (χ4v) is 3.84. The van der Waals surface area contributed by atoms with E-state index in [4.69, 9.17) is 4.74 Å².